The minimum absolute atomic E-state index is 0.0837. The highest BCUT2D eigenvalue weighted by molar-refractivity contribution is 5.99. The quantitative estimate of drug-likeness (QED) is 0.767. The normalized spacial score (nSPS) is 34.9. The van der Waals surface area contributed by atoms with Crippen LogP contribution < -0.4 is 14.8 Å². The van der Waals surface area contributed by atoms with Crippen LogP contribution in [0.4, 0.5) is 0 Å². The third kappa shape index (κ3) is 2.07. The molecule has 0 saturated carbocycles. The number of hydrogen-bond acceptors (Lipinski definition) is 5. The molecule has 28 heavy (non-hydrogen) atoms. The summed E-state index contributed by atoms with van der Waals surface area (Å²) in [7, 11) is 3.90. The molecule has 2 heterocycles. The van der Waals surface area contributed by atoms with E-state index in [1.165, 1.54) is 24.0 Å². The number of carbonyl (C=O) groups excluding carboxylic acids is 1. The van der Waals surface area contributed by atoms with E-state index < -0.39 is 6.10 Å². The average molecular weight is 383 g/mol. The highest BCUT2D eigenvalue weighted by atomic mass is 16.5. The lowest BCUT2D eigenvalue weighted by Gasteiger charge is -2.63. The van der Waals surface area contributed by atoms with E-state index in [1.54, 1.807) is 13.2 Å². The van der Waals surface area contributed by atoms with Gasteiger partial charge in [-0.2, -0.15) is 0 Å². The highest BCUT2D eigenvalue weighted by Crippen LogP contribution is 2.63. The highest BCUT2D eigenvalue weighted by Gasteiger charge is 2.71. The number of unbranched alkanes of at least 4 members (excludes halogenated alkanes) is 2. The van der Waals surface area contributed by atoms with Gasteiger partial charge in [0.2, 0.25) is 0 Å². The molecule has 0 unspecified atom stereocenters. The zero-order chi connectivity index (χ0) is 19.5. The summed E-state index contributed by atoms with van der Waals surface area (Å²) in [5, 5.41) is 3.96. The zero-order valence-corrected chi connectivity index (χ0v) is 17.1. The van der Waals surface area contributed by atoms with E-state index in [1.807, 2.05) is 6.07 Å². The van der Waals surface area contributed by atoms with Crippen LogP contribution >= 0.6 is 0 Å². The van der Waals surface area contributed by atoms with Crippen molar-refractivity contribution in [3.8, 4) is 11.5 Å². The van der Waals surface area contributed by atoms with E-state index in [2.05, 4.69) is 36.3 Å². The van der Waals surface area contributed by atoms with Crippen molar-refractivity contribution in [2.24, 2.45) is 0 Å². The second-order valence-electron chi connectivity index (χ2n) is 8.79. The Morgan fingerprint density at radius 2 is 2.21 bits per heavy atom. The molecule has 1 aromatic rings. The van der Waals surface area contributed by atoms with Gasteiger partial charge in [0.25, 0.3) is 0 Å². The number of nitrogens with zero attached hydrogens (tertiary/aromatic N) is 1. The standard InChI is InChI=1S/C23H30N2O3/c1-4-5-6-12-24-23-10-9-16(26)21-22(23)11-13-25(2)18(23)14-15-7-8-17(27-3)20(28-21)19(15)22/h7-10,18,21,24H,4-6,11-14H2,1-3H3/t18-,21+,22+,23-/m1/s1. The maximum Gasteiger partial charge on any atom is 0.196 e. The van der Waals surface area contributed by atoms with Crippen LogP contribution in [0, 0.1) is 0 Å². The second-order valence-corrected chi connectivity index (χ2v) is 8.79. The van der Waals surface area contributed by atoms with Crippen molar-refractivity contribution in [2.45, 2.75) is 62.1 Å². The Bertz CT molecular complexity index is 850. The summed E-state index contributed by atoms with van der Waals surface area (Å²) in [5.74, 6) is 1.62. The Morgan fingerprint density at radius 3 is 3.00 bits per heavy atom. The fourth-order valence-corrected chi connectivity index (χ4v) is 6.32. The summed E-state index contributed by atoms with van der Waals surface area (Å²) in [4.78, 5) is 15.5. The first-order valence-electron chi connectivity index (χ1n) is 10.6. The van der Waals surface area contributed by atoms with E-state index >= 15 is 0 Å². The van der Waals surface area contributed by atoms with Crippen molar-refractivity contribution in [2.75, 3.05) is 27.2 Å². The Hall–Kier alpha value is -1.85. The topological polar surface area (TPSA) is 50.8 Å². The number of benzene rings is 1. The van der Waals surface area contributed by atoms with Crippen LogP contribution in [0.1, 0.15) is 43.7 Å². The number of piperidine rings is 1. The summed E-state index contributed by atoms with van der Waals surface area (Å²) in [6.07, 6.45) is 8.93. The maximum absolute atomic E-state index is 13.0. The van der Waals surface area contributed by atoms with Gasteiger partial charge in [-0.05, 0) is 57.1 Å². The van der Waals surface area contributed by atoms with Crippen LogP contribution in [0.3, 0.4) is 0 Å². The number of nitrogens with one attached hydrogen (secondary N) is 1. The fraction of sp³-hybridized carbons (Fsp3) is 0.609. The van der Waals surface area contributed by atoms with Gasteiger partial charge in [0.1, 0.15) is 0 Å². The van der Waals surface area contributed by atoms with E-state index in [9.17, 15) is 4.79 Å². The molecular formula is C23H30N2O3. The minimum Gasteiger partial charge on any atom is -0.493 e. The number of carbonyl (C=O) groups is 1. The largest absolute Gasteiger partial charge is 0.493 e. The lowest BCUT2D eigenvalue weighted by atomic mass is 9.49. The molecule has 2 aliphatic heterocycles. The Morgan fingerprint density at radius 1 is 1.36 bits per heavy atom. The number of methoxy groups -OCH3 is 1. The van der Waals surface area contributed by atoms with Crippen LogP contribution in [0.15, 0.2) is 24.3 Å². The van der Waals surface area contributed by atoms with Crippen molar-refractivity contribution in [1.29, 1.82) is 0 Å². The molecule has 0 amide bonds. The molecule has 2 aliphatic carbocycles. The summed E-state index contributed by atoms with van der Waals surface area (Å²) in [6.45, 7) is 4.16. The van der Waals surface area contributed by atoms with Crippen LogP contribution in [-0.4, -0.2) is 55.6 Å². The lowest BCUT2D eigenvalue weighted by Crippen LogP contribution is -2.79. The molecular weight excluding hydrogens is 352 g/mol. The van der Waals surface area contributed by atoms with Crippen LogP contribution in [0.2, 0.25) is 0 Å². The molecule has 0 aromatic heterocycles. The molecule has 0 radical (unpaired) electrons. The van der Waals surface area contributed by atoms with Crippen molar-refractivity contribution in [3.05, 3.63) is 35.4 Å². The number of likely N-dealkylation sites (tertiary alicyclic amines) is 1. The Balaban J connectivity index is 1.72. The van der Waals surface area contributed by atoms with Gasteiger partial charge in [-0.1, -0.05) is 31.9 Å². The molecule has 5 heteroatoms. The molecule has 4 atom stereocenters. The van der Waals surface area contributed by atoms with Gasteiger partial charge < -0.3 is 19.7 Å². The van der Waals surface area contributed by atoms with Gasteiger partial charge in [-0.25, -0.2) is 0 Å². The number of rotatable bonds is 6. The summed E-state index contributed by atoms with van der Waals surface area (Å²) >= 11 is 0. The molecule has 5 rings (SSSR count). The van der Waals surface area contributed by atoms with Gasteiger partial charge in [0, 0.05) is 11.6 Å². The van der Waals surface area contributed by atoms with Gasteiger partial charge in [-0.15, -0.1) is 0 Å². The zero-order valence-electron chi connectivity index (χ0n) is 17.1. The van der Waals surface area contributed by atoms with Gasteiger partial charge in [-0.3, -0.25) is 4.79 Å². The molecule has 1 aromatic carbocycles. The molecule has 150 valence electrons. The van der Waals surface area contributed by atoms with Gasteiger partial charge in [0.15, 0.2) is 23.4 Å². The Labute approximate surface area is 167 Å². The first kappa shape index (κ1) is 18.2. The van der Waals surface area contributed by atoms with Crippen LogP contribution in [-0.2, 0) is 16.6 Å². The van der Waals surface area contributed by atoms with Gasteiger partial charge in [0.05, 0.1) is 18.1 Å². The lowest BCUT2D eigenvalue weighted by molar-refractivity contribution is -0.129. The number of likely N-dealkylation sites (N-methyl/N-ethyl adjacent to an activating group) is 1. The molecule has 1 saturated heterocycles. The van der Waals surface area contributed by atoms with Crippen molar-refractivity contribution in [3.63, 3.8) is 0 Å². The Kier molecular flexibility index (Phi) is 4.11. The van der Waals surface area contributed by atoms with E-state index in [4.69, 9.17) is 9.47 Å². The summed E-state index contributed by atoms with van der Waals surface area (Å²) < 4.78 is 12.0. The van der Waals surface area contributed by atoms with E-state index in [0.29, 0.717) is 6.04 Å². The predicted octanol–water partition coefficient (Wildman–Crippen LogP) is 2.61. The molecule has 5 nitrogen and oxygen atoms in total. The van der Waals surface area contributed by atoms with Crippen LogP contribution in [0.5, 0.6) is 11.5 Å². The average Bonchev–Trinajstić information content (AvgIpc) is 3.06. The van der Waals surface area contributed by atoms with E-state index in [0.717, 1.165) is 43.9 Å². The van der Waals surface area contributed by atoms with Crippen LogP contribution in [0.25, 0.3) is 0 Å². The van der Waals surface area contributed by atoms with E-state index in [-0.39, 0.29) is 16.7 Å². The predicted molar refractivity (Wildman–Crippen MR) is 108 cm³/mol. The summed E-state index contributed by atoms with van der Waals surface area (Å²) in [5.41, 5.74) is 1.90. The minimum atomic E-state index is -0.460. The monoisotopic (exact) mass is 382 g/mol. The SMILES string of the molecule is CCCCCN[C@@]12C=CC(=O)[C@@H]3Oc4c(OC)ccc5c4[C@@]31CCN(C)[C@@H]2C5. The third-order valence-electron chi connectivity index (χ3n) is 7.59. The molecule has 2 bridgehead atoms. The first-order chi connectivity index (χ1) is 13.6. The third-order valence-corrected chi connectivity index (χ3v) is 7.59. The van der Waals surface area contributed by atoms with Crippen molar-refractivity contribution in [1.82, 2.24) is 10.2 Å². The van der Waals surface area contributed by atoms with Gasteiger partial charge >= 0.3 is 0 Å². The molecule has 1 fully saturated rings. The molecule has 1 spiro atoms. The molecule has 1 N–H and O–H groups in total. The molecule has 4 aliphatic rings. The summed E-state index contributed by atoms with van der Waals surface area (Å²) in [6, 6.07) is 4.49. The van der Waals surface area contributed by atoms with Crippen molar-refractivity contribution < 1.29 is 14.3 Å². The second kappa shape index (κ2) is 6.33. The smallest absolute Gasteiger partial charge is 0.196 e. The number of ketones is 1. The first-order valence-corrected chi connectivity index (χ1v) is 10.6. The fourth-order valence-electron chi connectivity index (χ4n) is 6.32. The maximum atomic E-state index is 13.0. The number of hydrogen-bond donors (Lipinski definition) is 1. The van der Waals surface area contributed by atoms with Crippen molar-refractivity contribution >= 4 is 5.78 Å². The number of ether oxygens (including phenoxy) is 2.